The highest BCUT2D eigenvalue weighted by Gasteiger charge is 2.21. The summed E-state index contributed by atoms with van der Waals surface area (Å²) in [6.07, 6.45) is 0. The first-order valence-electron chi connectivity index (χ1n) is 9.31. The molecule has 0 aliphatic heterocycles. The van der Waals surface area contributed by atoms with Crippen LogP contribution in [0.25, 0.3) is 0 Å². The fraction of sp³-hybridized carbons (Fsp3) is 0.136. The number of nitro groups is 1. The lowest BCUT2D eigenvalue weighted by atomic mass is 10.1. The molecule has 0 aromatic heterocycles. The summed E-state index contributed by atoms with van der Waals surface area (Å²) >= 11 is 0. The molecule has 0 bridgehead atoms. The summed E-state index contributed by atoms with van der Waals surface area (Å²) in [6, 6.07) is 21.4. The summed E-state index contributed by atoms with van der Waals surface area (Å²) in [6.45, 7) is 4.15. The zero-order chi connectivity index (χ0) is 21.7. The Morgan fingerprint density at radius 2 is 1.57 bits per heavy atom. The molecule has 154 valence electrons. The van der Waals surface area contributed by atoms with Crippen LogP contribution in [0.5, 0.6) is 0 Å². The molecule has 0 saturated heterocycles. The number of nitrogens with zero attached hydrogens (tertiary/aromatic N) is 3. The van der Waals surface area contributed by atoms with Crippen LogP contribution in [0.1, 0.15) is 18.1 Å². The fourth-order valence-electron chi connectivity index (χ4n) is 2.93. The molecule has 3 rings (SSSR count). The lowest BCUT2D eigenvalue weighted by molar-refractivity contribution is -0.384. The molecule has 7 nitrogen and oxygen atoms in total. The van der Waals surface area contributed by atoms with E-state index < -0.39 is 14.9 Å². The Labute approximate surface area is 175 Å². The van der Waals surface area contributed by atoms with Crippen LogP contribution < -0.4 is 4.90 Å². The maximum absolute atomic E-state index is 13.0. The number of benzene rings is 3. The topological polar surface area (TPSA) is 92.9 Å². The van der Waals surface area contributed by atoms with Crippen molar-refractivity contribution < 1.29 is 13.3 Å². The van der Waals surface area contributed by atoms with Gasteiger partial charge in [-0.15, -0.1) is 4.40 Å². The van der Waals surface area contributed by atoms with Gasteiger partial charge >= 0.3 is 0 Å². The van der Waals surface area contributed by atoms with E-state index in [2.05, 4.69) is 4.40 Å². The van der Waals surface area contributed by atoms with Crippen LogP contribution in [0.15, 0.2) is 88.2 Å². The summed E-state index contributed by atoms with van der Waals surface area (Å²) < 4.78 is 30.2. The molecule has 0 amide bonds. The molecular weight excluding hydrogens is 402 g/mol. The second-order valence-corrected chi connectivity index (χ2v) is 8.19. The van der Waals surface area contributed by atoms with Crippen LogP contribution in [-0.4, -0.2) is 25.7 Å². The van der Waals surface area contributed by atoms with Crippen molar-refractivity contribution in [3.8, 4) is 0 Å². The quantitative estimate of drug-likeness (QED) is 0.251. The van der Waals surface area contributed by atoms with Gasteiger partial charge < -0.3 is 4.90 Å². The number of hydrogen-bond acceptors (Lipinski definition) is 4. The summed E-state index contributed by atoms with van der Waals surface area (Å²) in [7, 11) is -3.97. The lowest BCUT2D eigenvalue weighted by Gasteiger charge is -2.25. The number of aryl methyl sites for hydroxylation is 1. The van der Waals surface area contributed by atoms with E-state index in [1.54, 1.807) is 53.4 Å². The molecule has 0 fully saturated rings. The first-order valence-corrected chi connectivity index (χ1v) is 10.7. The minimum absolute atomic E-state index is 0.0414. The largest absolute Gasteiger partial charge is 0.325 e. The second kappa shape index (κ2) is 8.87. The molecule has 0 unspecified atom stereocenters. The average molecular weight is 423 g/mol. The van der Waals surface area contributed by atoms with Gasteiger partial charge in [-0.1, -0.05) is 48.0 Å². The van der Waals surface area contributed by atoms with Gasteiger partial charge in [-0.2, -0.15) is 8.42 Å². The Kier molecular flexibility index (Phi) is 6.27. The molecule has 0 aliphatic carbocycles. The summed E-state index contributed by atoms with van der Waals surface area (Å²) in [4.78, 5) is 12.3. The van der Waals surface area contributed by atoms with E-state index in [0.29, 0.717) is 17.8 Å². The highest BCUT2D eigenvalue weighted by molar-refractivity contribution is 7.90. The maximum Gasteiger partial charge on any atom is 0.284 e. The SMILES string of the molecule is CCN(C(=NS(=O)(=O)c1ccc(C)cc1)c1ccccc1)c1ccc([N+](=O)[O-])cc1. The standard InChI is InChI=1S/C22H21N3O4S/c1-3-24(19-11-13-20(14-12-19)25(26)27)22(18-7-5-4-6-8-18)23-30(28,29)21-15-9-17(2)10-16-21/h4-16H,3H2,1-2H3. The van der Waals surface area contributed by atoms with E-state index in [1.165, 1.54) is 24.3 Å². The number of amidine groups is 1. The normalized spacial score (nSPS) is 11.9. The van der Waals surface area contributed by atoms with Gasteiger partial charge in [0.2, 0.25) is 0 Å². The Morgan fingerprint density at radius 3 is 2.10 bits per heavy atom. The van der Waals surface area contributed by atoms with E-state index in [9.17, 15) is 18.5 Å². The van der Waals surface area contributed by atoms with Crippen molar-refractivity contribution in [3.63, 3.8) is 0 Å². The number of sulfonamides is 1. The Balaban J connectivity index is 2.13. The molecule has 0 spiro atoms. The summed E-state index contributed by atoms with van der Waals surface area (Å²) in [5, 5.41) is 11.0. The first kappa shape index (κ1) is 21.2. The third-order valence-electron chi connectivity index (χ3n) is 4.50. The zero-order valence-corrected chi connectivity index (χ0v) is 17.4. The van der Waals surface area contributed by atoms with Crippen molar-refractivity contribution in [1.29, 1.82) is 0 Å². The smallest absolute Gasteiger partial charge is 0.284 e. The number of anilines is 1. The molecule has 0 aliphatic rings. The van der Waals surface area contributed by atoms with Crippen LogP contribution in [0.2, 0.25) is 0 Å². The molecule has 0 radical (unpaired) electrons. The molecule has 0 atom stereocenters. The Morgan fingerprint density at radius 1 is 0.967 bits per heavy atom. The molecule has 0 N–H and O–H groups in total. The van der Waals surface area contributed by atoms with Crippen molar-refractivity contribution in [2.24, 2.45) is 4.40 Å². The Hall–Kier alpha value is -3.52. The molecule has 0 heterocycles. The monoisotopic (exact) mass is 423 g/mol. The van der Waals surface area contributed by atoms with Gasteiger partial charge in [0.1, 0.15) is 0 Å². The van der Waals surface area contributed by atoms with E-state index in [0.717, 1.165) is 5.56 Å². The molecule has 3 aromatic carbocycles. The zero-order valence-electron chi connectivity index (χ0n) is 16.6. The van der Waals surface area contributed by atoms with Gasteiger partial charge in [-0.25, -0.2) is 0 Å². The number of nitro benzene ring substituents is 1. The van der Waals surface area contributed by atoms with Gasteiger partial charge in [-0.3, -0.25) is 10.1 Å². The van der Waals surface area contributed by atoms with E-state index in [4.69, 9.17) is 0 Å². The third kappa shape index (κ3) is 4.72. The highest BCUT2D eigenvalue weighted by atomic mass is 32.2. The maximum atomic E-state index is 13.0. The fourth-order valence-corrected chi connectivity index (χ4v) is 3.95. The lowest BCUT2D eigenvalue weighted by Crippen LogP contribution is -2.32. The molecule has 3 aromatic rings. The number of non-ortho nitro benzene ring substituents is 1. The van der Waals surface area contributed by atoms with Crippen LogP contribution in [0.3, 0.4) is 0 Å². The first-order chi connectivity index (χ1) is 14.3. The third-order valence-corrected chi connectivity index (χ3v) is 5.78. The van der Waals surface area contributed by atoms with Crippen molar-refractivity contribution in [2.75, 3.05) is 11.4 Å². The average Bonchev–Trinajstić information content (AvgIpc) is 2.75. The summed E-state index contributed by atoms with van der Waals surface area (Å²) in [5.41, 5.74) is 2.13. The van der Waals surface area contributed by atoms with Crippen LogP contribution in [-0.2, 0) is 10.0 Å². The Bertz CT molecular complexity index is 1160. The number of rotatable bonds is 6. The van der Waals surface area contributed by atoms with Gasteiger partial charge in [0.25, 0.3) is 15.7 Å². The van der Waals surface area contributed by atoms with Gasteiger partial charge in [-0.05, 0) is 38.1 Å². The van der Waals surface area contributed by atoms with Gasteiger partial charge in [0.15, 0.2) is 5.84 Å². The highest BCUT2D eigenvalue weighted by Crippen LogP contribution is 2.23. The molecule has 0 saturated carbocycles. The minimum Gasteiger partial charge on any atom is -0.325 e. The molecular formula is C22H21N3O4S. The van der Waals surface area contributed by atoms with Gasteiger partial charge in [0.05, 0.1) is 9.82 Å². The molecule has 30 heavy (non-hydrogen) atoms. The van der Waals surface area contributed by atoms with Crippen LogP contribution in [0, 0.1) is 17.0 Å². The van der Waals surface area contributed by atoms with Crippen molar-refractivity contribution in [1.82, 2.24) is 0 Å². The number of hydrogen-bond donors (Lipinski definition) is 0. The predicted molar refractivity (Wildman–Crippen MR) is 117 cm³/mol. The second-order valence-electron chi connectivity index (χ2n) is 6.59. The van der Waals surface area contributed by atoms with Crippen LogP contribution >= 0.6 is 0 Å². The summed E-state index contributed by atoms with van der Waals surface area (Å²) in [5.74, 6) is 0.243. The molecule has 8 heteroatoms. The predicted octanol–water partition coefficient (Wildman–Crippen LogP) is 4.57. The van der Waals surface area contributed by atoms with E-state index in [-0.39, 0.29) is 16.4 Å². The van der Waals surface area contributed by atoms with E-state index >= 15 is 0 Å². The van der Waals surface area contributed by atoms with Crippen LogP contribution in [0.4, 0.5) is 11.4 Å². The van der Waals surface area contributed by atoms with Gasteiger partial charge in [0, 0.05) is 29.9 Å². The van der Waals surface area contributed by atoms with Crippen molar-refractivity contribution in [2.45, 2.75) is 18.7 Å². The minimum atomic E-state index is -3.97. The van der Waals surface area contributed by atoms with Crippen molar-refractivity contribution in [3.05, 3.63) is 100 Å². The van der Waals surface area contributed by atoms with Crippen molar-refractivity contribution >= 4 is 27.2 Å². The van der Waals surface area contributed by atoms with E-state index in [1.807, 2.05) is 19.9 Å².